The van der Waals surface area contributed by atoms with Gasteiger partial charge in [0.05, 0.1) is 12.3 Å². The van der Waals surface area contributed by atoms with Gasteiger partial charge in [-0.2, -0.15) is 16.4 Å². The molecule has 3 rings (SSSR count). The van der Waals surface area contributed by atoms with E-state index in [-0.39, 0.29) is 0 Å². The van der Waals surface area contributed by atoms with Crippen molar-refractivity contribution in [1.29, 1.82) is 0 Å². The van der Waals surface area contributed by atoms with Gasteiger partial charge in [-0.25, -0.2) is 0 Å². The standard InChI is InChI=1S/C19H27N3S/c1-3-8-21(9-4-2)10-11-22-19-13-16(18-7-12-23-15-18)5-6-17(19)14-20-22/h5-7,12,14-15,19H,3-4,8-11,13H2,1-2H3. The lowest BCUT2D eigenvalue weighted by Crippen LogP contribution is -2.37. The monoisotopic (exact) mass is 329 g/mol. The van der Waals surface area contributed by atoms with Crippen LogP contribution in [0.3, 0.4) is 0 Å². The molecule has 0 amide bonds. The van der Waals surface area contributed by atoms with Crippen molar-refractivity contribution in [2.45, 2.75) is 39.2 Å². The van der Waals surface area contributed by atoms with E-state index in [1.165, 1.54) is 42.6 Å². The summed E-state index contributed by atoms with van der Waals surface area (Å²) in [7, 11) is 0. The predicted octanol–water partition coefficient (Wildman–Crippen LogP) is 4.25. The highest BCUT2D eigenvalue weighted by molar-refractivity contribution is 7.08. The zero-order valence-electron chi connectivity index (χ0n) is 14.2. The van der Waals surface area contributed by atoms with Crippen LogP contribution in [-0.4, -0.2) is 48.3 Å². The fourth-order valence-corrected chi connectivity index (χ4v) is 4.10. The number of thiophene rings is 1. The van der Waals surface area contributed by atoms with E-state index < -0.39 is 0 Å². The van der Waals surface area contributed by atoms with Gasteiger partial charge in [-0.05, 0) is 65.9 Å². The lowest BCUT2D eigenvalue weighted by atomic mass is 9.91. The van der Waals surface area contributed by atoms with Crippen LogP contribution in [0.2, 0.25) is 0 Å². The molecule has 1 unspecified atom stereocenters. The normalized spacial score (nSPS) is 20.0. The first-order valence-electron chi connectivity index (χ1n) is 8.78. The molecule has 0 saturated heterocycles. The zero-order chi connectivity index (χ0) is 16.1. The summed E-state index contributed by atoms with van der Waals surface area (Å²) in [5.74, 6) is 0. The second kappa shape index (κ2) is 7.93. The maximum absolute atomic E-state index is 4.67. The van der Waals surface area contributed by atoms with Crippen LogP contribution in [0.15, 0.2) is 39.7 Å². The van der Waals surface area contributed by atoms with Crippen LogP contribution in [-0.2, 0) is 0 Å². The minimum Gasteiger partial charge on any atom is -0.302 e. The van der Waals surface area contributed by atoms with E-state index in [1.807, 2.05) is 0 Å². The van der Waals surface area contributed by atoms with Gasteiger partial charge in [0.1, 0.15) is 0 Å². The van der Waals surface area contributed by atoms with E-state index >= 15 is 0 Å². The van der Waals surface area contributed by atoms with Crippen molar-refractivity contribution < 1.29 is 0 Å². The highest BCUT2D eigenvalue weighted by Gasteiger charge is 2.28. The van der Waals surface area contributed by atoms with Crippen LogP contribution >= 0.6 is 11.3 Å². The molecule has 0 N–H and O–H groups in total. The maximum Gasteiger partial charge on any atom is 0.0776 e. The first-order chi connectivity index (χ1) is 11.3. The predicted molar refractivity (Wildman–Crippen MR) is 101 cm³/mol. The molecule has 3 nitrogen and oxygen atoms in total. The van der Waals surface area contributed by atoms with Crippen LogP contribution in [0, 0.1) is 0 Å². The summed E-state index contributed by atoms with van der Waals surface area (Å²) in [5, 5.41) is 11.4. The van der Waals surface area contributed by atoms with Gasteiger partial charge in [0, 0.05) is 13.1 Å². The molecule has 1 aliphatic carbocycles. The first kappa shape index (κ1) is 16.5. The summed E-state index contributed by atoms with van der Waals surface area (Å²) < 4.78 is 0. The number of hydrogen-bond acceptors (Lipinski definition) is 4. The molecule has 1 aliphatic heterocycles. The highest BCUT2D eigenvalue weighted by Crippen LogP contribution is 2.33. The topological polar surface area (TPSA) is 18.8 Å². The number of hydrogen-bond donors (Lipinski definition) is 0. The van der Waals surface area contributed by atoms with Crippen molar-refractivity contribution in [1.82, 2.24) is 9.91 Å². The average Bonchev–Trinajstić information content (AvgIpc) is 3.22. The molecule has 0 saturated carbocycles. The lowest BCUT2D eigenvalue weighted by Gasteiger charge is -2.30. The molecule has 2 heterocycles. The molecule has 1 aromatic heterocycles. The summed E-state index contributed by atoms with van der Waals surface area (Å²) in [6.07, 6.45) is 10.1. The van der Waals surface area contributed by atoms with Gasteiger partial charge < -0.3 is 4.90 Å². The first-order valence-corrected chi connectivity index (χ1v) is 9.72. The van der Waals surface area contributed by atoms with Crippen LogP contribution < -0.4 is 0 Å². The molecule has 0 aromatic carbocycles. The Morgan fingerprint density at radius 3 is 2.74 bits per heavy atom. The van der Waals surface area contributed by atoms with Crippen molar-refractivity contribution in [2.24, 2.45) is 5.10 Å². The summed E-state index contributed by atoms with van der Waals surface area (Å²) >= 11 is 1.77. The lowest BCUT2D eigenvalue weighted by molar-refractivity contribution is 0.191. The summed E-state index contributed by atoms with van der Waals surface area (Å²) in [5.41, 5.74) is 4.17. The summed E-state index contributed by atoms with van der Waals surface area (Å²) in [6.45, 7) is 9.04. The summed E-state index contributed by atoms with van der Waals surface area (Å²) in [6, 6.07) is 2.65. The molecule has 0 fully saturated rings. The second-order valence-electron chi connectivity index (χ2n) is 6.34. The third-order valence-corrected chi connectivity index (χ3v) is 5.29. The van der Waals surface area contributed by atoms with Crippen LogP contribution in [0.25, 0.3) is 5.57 Å². The van der Waals surface area contributed by atoms with Crippen LogP contribution in [0.1, 0.15) is 38.7 Å². The Morgan fingerprint density at radius 2 is 2.04 bits per heavy atom. The van der Waals surface area contributed by atoms with E-state index in [1.54, 1.807) is 11.3 Å². The fourth-order valence-electron chi connectivity index (χ4n) is 3.42. The van der Waals surface area contributed by atoms with Gasteiger partial charge in [0.25, 0.3) is 0 Å². The molecule has 0 spiro atoms. The van der Waals surface area contributed by atoms with Crippen molar-refractivity contribution >= 4 is 23.1 Å². The largest absolute Gasteiger partial charge is 0.302 e. The van der Waals surface area contributed by atoms with Gasteiger partial charge >= 0.3 is 0 Å². The molecule has 1 aromatic rings. The summed E-state index contributed by atoms with van der Waals surface area (Å²) in [4.78, 5) is 2.57. The van der Waals surface area contributed by atoms with Crippen LogP contribution in [0.5, 0.6) is 0 Å². The smallest absolute Gasteiger partial charge is 0.0776 e. The molecular formula is C19H27N3S. The van der Waals surface area contributed by atoms with E-state index in [0.717, 1.165) is 19.5 Å². The fraction of sp³-hybridized carbons (Fsp3) is 0.526. The maximum atomic E-state index is 4.67. The molecule has 0 bridgehead atoms. The third-order valence-electron chi connectivity index (χ3n) is 4.61. The Morgan fingerprint density at radius 1 is 1.22 bits per heavy atom. The Hall–Kier alpha value is -1.39. The number of fused-ring (bicyclic) bond motifs is 1. The molecule has 2 aliphatic rings. The molecule has 124 valence electrons. The van der Waals surface area contributed by atoms with Gasteiger partial charge in [-0.1, -0.05) is 26.0 Å². The number of allylic oxidation sites excluding steroid dienone is 2. The molecule has 23 heavy (non-hydrogen) atoms. The SMILES string of the molecule is CCCN(CCC)CCN1N=CC2=CC=C(c3ccsc3)CC21. The van der Waals surface area contributed by atoms with Crippen molar-refractivity contribution in [3.8, 4) is 0 Å². The Labute approximate surface area is 144 Å². The minimum atomic E-state index is 0.431. The van der Waals surface area contributed by atoms with Crippen molar-refractivity contribution in [2.75, 3.05) is 26.2 Å². The van der Waals surface area contributed by atoms with Gasteiger partial charge in [0.15, 0.2) is 0 Å². The highest BCUT2D eigenvalue weighted by atomic mass is 32.1. The Balaban J connectivity index is 1.60. The molecular weight excluding hydrogens is 302 g/mol. The van der Waals surface area contributed by atoms with E-state index in [4.69, 9.17) is 0 Å². The van der Waals surface area contributed by atoms with Gasteiger partial charge in [-0.15, -0.1) is 0 Å². The zero-order valence-corrected chi connectivity index (χ0v) is 15.1. The number of hydrazone groups is 1. The average molecular weight is 330 g/mol. The quantitative estimate of drug-likeness (QED) is 0.710. The van der Waals surface area contributed by atoms with Crippen molar-refractivity contribution in [3.05, 3.63) is 40.1 Å². The molecule has 0 radical (unpaired) electrons. The van der Waals surface area contributed by atoms with Crippen molar-refractivity contribution in [3.63, 3.8) is 0 Å². The number of nitrogens with zero attached hydrogens (tertiary/aromatic N) is 3. The Bertz CT molecular complexity index is 580. The van der Waals surface area contributed by atoms with E-state index in [2.05, 4.69) is 64.1 Å². The second-order valence-corrected chi connectivity index (χ2v) is 7.12. The van der Waals surface area contributed by atoms with E-state index in [0.29, 0.717) is 6.04 Å². The third kappa shape index (κ3) is 3.93. The van der Waals surface area contributed by atoms with Crippen LogP contribution in [0.4, 0.5) is 0 Å². The van der Waals surface area contributed by atoms with Gasteiger partial charge in [-0.3, -0.25) is 5.01 Å². The molecule has 1 atom stereocenters. The Kier molecular flexibility index (Phi) is 5.68. The van der Waals surface area contributed by atoms with Gasteiger partial charge in [0.2, 0.25) is 0 Å². The number of rotatable bonds is 8. The molecule has 4 heteroatoms. The minimum absolute atomic E-state index is 0.431. The van der Waals surface area contributed by atoms with E-state index in [9.17, 15) is 0 Å².